The number of carboxylic acids is 1. The van der Waals surface area contributed by atoms with E-state index in [0.29, 0.717) is 54.1 Å². The van der Waals surface area contributed by atoms with Crippen molar-refractivity contribution in [3.63, 3.8) is 0 Å². The summed E-state index contributed by atoms with van der Waals surface area (Å²) in [6, 6.07) is 9.52. The number of nitrogens with zero attached hydrogens (tertiary/aromatic N) is 5. The molecule has 140 valence electrons. The molecular weight excluding hydrogens is 346 g/mol. The molecular formula is C19H21N5O3. The van der Waals surface area contributed by atoms with Gasteiger partial charge in [0.05, 0.1) is 11.9 Å². The van der Waals surface area contributed by atoms with E-state index in [1.807, 2.05) is 42.2 Å². The Morgan fingerprint density at radius 2 is 2.00 bits per heavy atom. The van der Waals surface area contributed by atoms with Crippen LogP contribution in [0.3, 0.4) is 0 Å². The highest BCUT2D eigenvalue weighted by Crippen LogP contribution is 2.26. The lowest BCUT2D eigenvalue weighted by atomic mass is 10.1. The molecule has 8 heteroatoms. The van der Waals surface area contributed by atoms with E-state index < -0.39 is 5.97 Å². The standard InChI is InChI=1S/C19H17N5O3.2H2/c1-12-16(18-23-22-17(27-18)13-5-3-2-4-6-13)21-15(11-20-12)24-9-7-14(8-10-24)19(25)26;;/h2-7,11H,8-10H2,1H3,(H,25,26);2*1H. The van der Waals surface area contributed by atoms with Gasteiger partial charge in [0.2, 0.25) is 5.89 Å². The number of aryl methyl sites for hydroxylation is 1. The number of carbonyl (C=O) groups is 1. The Labute approximate surface area is 158 Å². The molecule has 0 radical (unpaired) electrons. The fraction of sp³-hybridized carbons (Fsp3) is 0.211. The van der Waals surface area contributed by atoms with Crippen molar-refractivity contribution in [2.24, 2.45) is 0 Å². The van der Waals surface area contributed by atoms with E-state index in [0.717, 1.165) is 5.56 Å². The number of anilines is 1. The van der Waals surface area contributed by atoms with Gasteiger partial charge < -0.3 is 14.4 Å². The van der Waals surface area contributed by atoms with Gasteiger partial charge in [0, 0.05) is 27.1 Å². The maximum Gasteiger partial charge on any atom is 0.331 e. The molecule has 0 bridgehead atoms. The zero-order valence-corrected chi connectivity index (χ0v) is 14.7. The monoisotopic (exact) mass is 367 g/mol. The summed E-state index contributed by atoms with van der Waals surface area (Å²) >= 11 is 0. The Bertz CT molecular complexity index is 1020. The molecule has 0 spiro atoms. The van der Waals surface area contributed by atoms with Gasteiger partial charge in [-0.2, -0.15) is 0 Å². The van der Waals surface area contributed by atoms with Gasteiger partial charge in [-0.25, -0.2) is 9.78 Å². The molecule has 0 atom stereocenters. The minimum Gasteiger partial charge on any atom is -0.478 e. The first-order valence-corrected chi connectivity index (χ1v) is 8.52. The van der Waals surface area contributed by atoms with Crippen molar-refractivity contribution < 1.29 is 17.2 Å². The normalized spacial score (nSPS) is 14.1. The van der Waals surface area contributed by atoms with E-state index in [-0.39, 0.29) is 2.85 Å². The van der Waals surface area contributed by atoms with Crippen LogP contribution in [-0.2, 0) is 4.79 Å². The van der Waals surface area contributed by atoms with Gasteiger partial charge in [-0.15, -0.1) is 10.2 Å². The third kappa shape index (κ3) is 3.41. The van der Waals surface area contributed by atoms with Crippen molar-refractivity contribution in [1.29, 1.82) is 0 Å². The second-order valence-electron chi connectivity index (χ2n) is 6.17. The van der Waals surface area contributed by atoms with E-state index in [1.165, 1.54) is 0 Å². The Balaban J connectivity index is 0.00000150. The smallest absolute Gasteiger partial charge is 0.331 e. The van der Waals surface area contributed by atoms with Gasteiger partial charge in [0.15, 0.2) is 5.69 Å². The average molecular weight is 367 g/mol. The molecule has 1 aliphatic heterocycles. The number of aromatic nitrogens is 4. The Morgan fingerprint density at radius 3 is 2.70 bits per heavy atom. The Hall–Kier alpha value is -3.55. The number of hydrogen-bond acceptors (Lipinski definition) is 7. The average Bonchev–Trinajstić information content (AvgIpc) is 3.19. The summed E-state index contributed by atoms with van der Waals surface area (Å²) in [6.07, 6.45) is 3.83. The van der Waals surface area contributed by atoms with Gasteiger partial charge in [-0.05, 0) is 25.5 Å². The van der Waals surface area contributed by atoms with Gasteiger partial charge >= 0.3 is 5.97 Å². The molecule has 0 saturated carbocycles. The number of aliphatic carboxylic acids is 1. The molecule has 8 nitrogen and oxygen atoms in total. The van der Waals surface area contributed by atoms with Crippen LogP contribution in [0.5, 0.6) is 0 Å². The van der Waals surface area contributed by atoms with Crippen LogP contribution in [0.1, 0.15) is 15.0 Å². The molecule has 0 saturated heterocycles. The number of benzene rings is 1. The van der Waals surface area contributed by atoms with Crippen molar-refractivity contribution >= 4 is 11.8 Å². The molecule has 0 aliphatic carbocycles. The lowest BCUT2D eigenvalue weighted by Crippen LogP contribution is -2.31. The molecule has 0 fully saturated rings. The van der Waals surface area contributed by atoms with E-state index in [2.05, 4.69) is 20.2 Å². The SMILES string of the molecule is Cc1ncc(N2CC=C(C(=O)O)CC2)nc1-c1nnc(-c2ccccc2)o1.[HH].[HH]. The third-order valence-corrected chi connectivity index (χ3v) is 4.40. The Morgan fingerprint density at radius 1 is 1.22 bits per heavy atom. The lowest BCUT2D eigenvalue weighted by Gasteiger charge is -2.26. The first kappa shape index (κ1) is 16.9. The molecule has 3 aromatic rings. The summed E-state index contributed by atoms with van der Waals surface area (Å²) in [6.45, 7) is 2.86. The number of hydrogen-bond donors (Lipinski definition) is 1. The molecule has 0 unspecified atom stereocenters. The minimum atomic E-state index is -0.871. The van der Waals surface area contributed by atoms with Gasteiger partial charge in [0.25, 0.3) is 5.89 Å². The van der Waals surface area contributed by atoms with Crippen molar-refractivity contribution in [3.05, 3.63) is 53.9 Å². The molecule has 2 aromatic heterocycles. The van der Waals surface area contributed by atoms with E-state index in [9.17, 15) is 4.79 Å². The van der Waals surface area contributed by atoms with Gasteiger partial charge in [-0.3, -0.25) is 4.98 Å². The summed E-state index contributed by atoms with van der Waals surface area (Å²) in [5.41, 5.74) is 2.47. The highest BCUT2D eigenvalue weighted by Gasteiger charge is 2.20. The predicted molar refractivity (Wildman–Crippen MR) is 102 cm³/mol. The van der Waals surface area contributed by atoms with Crippen molar-refractivity contribution in [2.45, 2.75) is 13.3 Å². The van der Waals surface area contributed by atoms with Crippen LogP contribution in [0.2, 0.25) is 0 Å². The quantitative estimate of drug-likeness (QED) is 0.749. The van der Waals surface area contributed by atoms with Crippen LogP contribution in [0, 0.1) is 6.92 Å². The summed E-state index contributed by atoms with van der Waals surface area (Å²) in [7, 11) is 0. The molecule has 4 rings (SSSR count). The van der Waals surface area contributed by atoms with Crippen LogP contribution in [0.4, 0.5) is 5.82 Å². The minimum absolute atomic E-state index is 0. The van der Waals surface area contributed by atoms with E-state index in [1.54, 1.807) is 12.3 Å². The van der Waals surface area contributed by atoms with E-state index >= 15 is 0 Å². The van der Waals surface area contributed by atoms with Crippen LogP contribution in [-0.4, -0.2) is 44.3 Å². The molecule has 1 N–H and O–H groups in total. The lowest BCUT2D eigenvalue weighted by molar-refractivity contribution is -0.132. The highest BCUT2D eigenvalue weighted by molar-refractivity contribution is 5.87. The maximum absolute atomic E-state index is 11.1. The fourth-order valence-corrected chi connectivity index (χ4v) is 2.88. The molecule has 1 aromatic carbocycles. The van der Waals surface area contributed by atoms with Crippen LogP contribution >= 0.6 is 0 Å². The zero-order chi connectivity index (χ0) is 18.8. The van der Waals surface area contributed by atoms with Crippen molar-refractivity contribution in [2.75, 3.05) is 18.0 Å². The first-order chi connectivity index (χ1) is 13.1. The predicted octanol–water partition coefficient (Wildman–Crippen LogP) is 3.22. The second-order valence-corrected chi connectivity index (χ2v) is 6.17. The van der Waals surface area contributed by atoms with Crippen molar-refractivity contribution in [1.82, 2.24) is 20.2 Å². The maximum atomic E-state index is 11.1. The third-order valence-electron chi connectivity index (χ3n) is 4.40. The zero-order valence-electron chi connectivity index (χ0n) is 14.7. The summed E-state index contributed by atoms with van der Waals surface area (Å²) < 4.78 is 5.79. The van der Waals surface area contributed by atoms with Gasteiger partial charge in [0.1, 0.15) is 5.82 Å². The van der Waals surface area contributed by atoms with Crippen molar-refractivity contribution in [3.8, 4) is 23.0 Å². The highest BCUT2D eigenvalue weighted by atomic mass is 16.4. The summed E-state index contributed by atoms with van der Waals surface area (Å²) in [4.78, 5) is 22.1. The largest absolute Gasteiger partial charge is 0.478 e. The molecule has 27 heavy (non-hydrogen) atoms. The summed E-state index contributed by atoms with van der Waals surface area (Å²) in [5.74, 6) is 0.504. The van der Waals surface area contributed by atoms with Gasteiger partial charge in [-0.1, -0.05) is 24.3 Å². The number of rotatable bonds is 4. The molecule has 3 heterocycles. The van der Waals surface area contributed by atoms with Crippen LogP contribution in [0.25, 0.3) is 23.0 Å². The first-order valence-electron chi connectivity index (χ1n) is 8.52. The van der Waals surface area contributed by atoms with Crippen LogP contribution in [0.15, 0.2) is 52.6 Å². The molecule has 1 aliphatic rings. The van der Waals surface area contributed by atoms with Crippen LogP contribution < -0.4 is 4.90 Å². The summed E-state index contributed by atoms with van der Waals surface area (Å²) in [5, 5.41) is 17.3. The fourth-order valence-electron chi connectivity index (χ4n) is 2.88. The molecule has 0 amide bonds. The Kier molecular flexibility index (Phi) is 4.37. The second kappa shape index (κ2) is 6.99. The van der Waals surface area contributed by atoms with E-state index in [4.69, 9.17) is 9.52 Å². The number of carboxylic acid groups (broad SMARTS) is 1. The topological polar surface area (TPSA) is 105 Å².